The summed E-state index contributed by atoms with van der Waals surface area (Å²) in [4.78, 5) is 0. The van der Waals surface area contributed by atoms with Gasteiger partial charge in [0.05, 0.1) is 17.5 Å². The molecule has 3 N–H and O–H groups in total. The molecule has 1 atom stereocenters. The monoisotopic (exact) mass is 214 g/mol. The molecule has 1 aromatic rings. The number of halogens is 2. The highest BCUT2D eigenvalue weighted by atomic mass is 35.5. The van der Waals surface area contributed by atoms with Crippen molar-refractivity contribution in [2.45, 2.75) is 12.5 Å². The number of nitriles is 1. The van der Waals surface area contributed by atoms with Gasteiger partial charge in [-0.05, 0) is 12.1 Å². The molecular weight excluding hydrogens is 207 g/mol. The first-order valence-electron chi connectivity index (χ1n) is 3.87. The van der Waals surface area contributed by atoms with Crippen molar-refractivity contribution in [1.82, 2.24) is 0 Å². The topological polar surface area (TPSA) is 70.0 Å². The van der Waals surface area contributed by atoms with E-state index in [4.69, 9.17) is 22.6 Å². The fourth-order valence-corrected chi connectivity index (χ4v) is 1.27. The zero-order chi connectivity index (χ0) is 10.7. The Morgan fingerprint density at radius 3 is 2.86 bits per heavy atom. The van der Waals surface area contributed by atoms with Gasteiger partial charge in [0.2, 0.25) is 0 Å². The first-order valence-corrected chi connectivity index (χ1v) is 4.25. The van der Waals surface area contributed by atoms with Gasteiger partial charge >= 0.3 is 0 Å². The minimum atomic E-state index is -0.862. The van der Waals surface area contributed by atoms with Crippen LogP contribution in [0.4, 0.5) is 4.39 Å². The van der Waals surface area contributed by atoms with Crippen LogP contribution in [-0.2, 0) is 0 Å². The Bertz CT molecular complexity index is 389. The number of aromatic hydroxyl groups is 1. The molecule has 74 valence electrons. The highest BCUT2D eigenvalue weighted by molar-refractivity contribution is 6.32. The Morgan fingerprint density at radius 1 is 1.64 bits per heavy atom. The minimum Gasteiger partial charge on any atom is -0.506 e. The minimum absolute atomic E-state index is 0.0230. The van der Waals surface area contributed by atoms with Gasteiger partial charge in [0.1, 0.15) is 11.6 Å². The highest BCUT2D eigenvalue weighted by Crippen LogP contribution is 2.33. The van der Waals surface area contributed by atoms with Gasteiger partial charge in [-0.25, -0.2) is 4.39 Å². The molecule has 0 aliphatic heterocycles. The molecule has 0 aromatic heterocycles. The van der Waals surface area contributed by atoms with E-state index in [0.29, 0.717) is 0 Å². The van der Waals surface area contributed by atoms with E-state index in [1.54, 1.807) is 6.07 Å². The lowest BCUT2D eigenvalue weighted by atomic mass is 10.0. The normalized spacial score (nSPS) is 12.1. The molecule has 1 aromatic carbocycles. The zero-order valence-electron chi connectivity index (χ0n) is 7.17. The summed E-state index contributed by atoms with van der Waals surface area (Å²) in [6, 6.07) is 3.27. The average molecular weight is 215 g/mol. The van der Waals surface area contributed by atoms with Crippen LogP contribution < -0.4 is 5.73 Å². The highest BCUT2D eigenvalue weighted by Gasteiger charge is 2.18. The number of nitrogens with two attached hydrogens (primary N) is 1. The molecule has 14 heavy (non-hydrogen) atoms. The molecule has 5 heteroatoms. The van der Waals surface area contributed by atoms with Gasteiger partial charge in [-0.2, -0.15) is 5.26 Å². The summed E-state index contributed by atoms with van der Waals surface area (Å²) in [7, 11) is 0. The summed E-state index contributed by atoms with van der Waals surface area (Å²) in [5, 5.41) is 17.8. The van der Waals surface area contributed by atoms with Crippen molar-refractivity contribution in [2.24, 2.45) is 5.73 Å². The third kappa shape index (κ3) is 1.95. The van der Waals surface area contributed by atoms with Gasteiger partial charge in [-0.1, -0.05) is 11.6 Å². The fourth-order valence-electron chi connectivity index (χ4n) is 1.11. The summed E-state index contributed by atoms with van der Waals surface area (Å²) in [6.07, 6.45) is -0.0785. The van der Waals surface area contributed by atoms with E-state index < -0.39 is 17.6 Å². The summed E-state index contributed by atoms with van der Waals surface area (Å²) in [6.45, 7) is 0. The quantitative estimate of drug-likeness (QED) is 0.792. The zero-order valence-corrected chi connectivity index (χ0v) is 7.92. The molecule has 3 nitrogen and oxygen atoms in total. The van der Waals surface area contributed by atoms with Crippen molar-refractivity contribution in [3.8, 4) is 11.8 Å². The largest absolute Gasteiger partial charge is 0.506 e. The second-order valence-corrected chi connectivity index (χ2v) is 3.17. The number of benzene rings is 1. The lowest BCUT2D eigenvalue weighted by Crippen LogP contribution is -2.11. The van der Waals surface area contributed by atoms with Gasteiger partial charge in [0.25, 0.3) is 0 Å². The van der Waals surface area contributed by atoms with Crippen molar-refractivity contribution in [3.05, 3.63) is 28.5 Å². The van der Waals surface area contributed by atoms with Gasteiger partial charge in [0, 0.05) is 11.6 Å². The lowest BCUT2D eigenvalue weighted by molar-refractivity contribution is 0.450. The fraction of sp³-hybridized carbons (Fsp3) is 0.222. The van der Waals surface area contributed by atoms with Gasteiger partial charge in [0.15, 0.2) is 0 Å². The maximum Gasteiger partial charge on any atom is 0.141 e. The van der Waals surface area contributed by atoms with Crippen LogP contribution in [0.25, 0.3) is 0 Å². The first-order chi connectivity index (χ1) is 6.57. The molecule has 0 fully saturated rings. The van der Waals surface area contributed by atoms with Crippen molar-refractivity contribution >= 4 is 11.6 Å². The van der Waals surface area contributed by atoms with Crippen molar-refractivity contribution in [2.75, 3.05) is 0 Å². The molecule has 0 aliphatic carbocycles. The molecule has 0 saturated carbocycles. The Hall–Kier alpha value is -1.31. The number of phenolic OH excluding ortho intramolecular Hbond substituents is 1. The standard InChI is InChI=1S/C9H8ClFN2O/c10-5-1-2-6(11)8(9(5)14)7(13)3-4-12/h1-2,7,14H,3,13H2/t7-/m1/s1. The average Bonchev–Trinajstić information content (AvgIpc) is 2.13. The van der Waals surface area contributed by atoms with Crippen molar-refractivity contribution in [1.29, 1.82) is 5.26 Å². The van der Waals surface area contributed by atoms with Crippen LogP contribution in [0.5, 0.6) is 5.75 Å². The van der Waals surface area contributed by atoms with E-state index in [1.165, 1.54) is 6.07 Å². The van der Waals surface area contributed by atoms with E-state index in [-0.39, 0.29) is 17.0 Å². The molecule has 0 unspecified atom stereocenters. The molecule has 0 saturated heterocycles. The first kappa shape index (κ1) is 10.8. The Kier molecular flexibility index (Phi) is 3.28. The number of phenols is 1. The second-order valence-electron chi connectivity index (χ2n) is 2.76. The lowest BCUT2D eigenvalue weighted by Gasteiger charge is -2.11. The molecule has 0 heterocycles. The maximum absolute atomic E-state index is 13.2. The van der Waals surface area contributed by atoms with E-state index in [9.17, 15) is 9.50 Å². The molecule has 0 bridgehead atoms. The van der Waals surface area contributed by atoms with Crippen LogP contribution >= 0.6 is 11.6 Å². The van der Waals surface area contributed by atoms with Crippen LogP contribution in [0.3, 0.4) is 0 Å². The molecule has 0 spiro atoms. The maximum atomic E-state index is 13.2. The number of hydrogen-bond acceptors (Lipinski definition) is 3. The van der Waals surface area contributed by atoms with Gasteiger partial charge in [-0.3, -0.25) is 0 Å². The molecule has 0 radical (unpaired) electrons. The summed E-state index contributed by atoms with van der Waals surface area (Å²) < 4.78 is 13.2. The second kappa shape index (κ2) is 4.27. The third-order valence-electron chi connectivity index (χ3n) is 1.80. The van der Waals surface area contributed by atoms with Crippen LogP contribution in [0.1, 0.15) is 18.0 Å². The predicted octanol–water partition coefficient (Wildman–Crippen LogP) is 2.10. The summed E-state index contributed by atoms with van der Waals surface area (Å²) in [5.74, 6) is -1.05. The SMILES string of the molecule is N#CC[C@@H](N)c1c(F)ccc(Cl)c1O. The Labute approximate surface area is 85.5 Å². The molecule has 1 rings (SSSR count). The van der Waals surface area contributed by atoms with E-state index in [2.05, 4.69) is 0 Å². The number of hydrogen-bond donors (Lipinski definition) is 2. The van der Waals surface area contributed by atoms with Crippen LogP contribution in [0.15, 0.2) is 12.1 Å². The molecular formula is C9H8ClFN2O. The molecule has 0 aliphatic rings. The van der Waals surface area contributed by atoms with Gasteiger partial charge < -0.3 is 10.8 Å². The smallest absolute Gasteiger partial charge is 0.141 e. The Morgan fingerprint density at radius 2 is 2.29 bits per heavy atom. The number of rotatable bonds is 2. The van der Waals surface area contributed by atoms with E-state index in [1.807, 2.05) is 0 Å². The van der Waals surface area contributed by atoms with E-state index >= 15 is 0 Å². The number of nitrogens with zero attached hydrogens (tertiary/aromatic N) is 1. The predicted molar refractivity (Wildman–Crippen MR) is 50.2 cm³/mol. The van der Waals surface area contributed by atoms with Crippen LogP contribution in [0, 0.1) is 17.1 Å². The van der Waals surface area contributed by atoms with Gasteiger partial charge in [-0.15, -0.1) is 0 Å². The Balaban J connectivity index is 3.19. The van der Waals surface area contributed by atoms with Crippen molar-refractivity contribution < 1.29 is 9.50 Å². The van der Waals surface area contributed by atoms with Crippen LogP contribution in [0.2, 0.25) is 5.02 Å². The molecule has 0 amide bonds. The summed E-state index contributed by atoms with van der Waals surface area (Å²) in [5.41, 5.74) is 5.38. The van der Waals surface area contributed by atoms with Crippen LogP contribution in [-0.4, -0.2) is 5.11 Å². The van der Waals surface area contributed by atoms with Crippen molar-refractivity contribution in [3.63, 3.8) is 0 Å². The van der Waals surface area contributed by atoms with E-state index in [0.717, 1.165) is 6.07 Å². The summed E-state index contributed by atoms with van der Waals surface area (Å²) >= 11 is 5.57. The third-order valence-corrected chi connectivity index (χ3v) is 2.10.